The van der Waals surface area contributed by atoms with Gasteiger partial charge in [0.05, 0.1) is 0 Å². The molecule has 0 aromatic carbocycles. The van der Waals surface area contributed by atoms with Crippen LogP contribution in [0.1, 0.15) is 65.2 Å². The molecule has 0 radical (unpaired) electrons. The van der Waals surface area contributed by atoms with Crippen molar-refractivity contribution in [3.05, 3.63) is 0 Å². The van der Waals surface area contributed by atoms with Crippen molar-refractivity contribution in [2.24, 2.45) is 11.1 Å². The Morgan fingerprint density at radius 1 is 1.18 bits per heavy atom. The molecule has 17 heavy (non-hydrogen) atoms. The molecule has 2 aliphatic rings. The van der Waals surface area contributed by atoms with Crippen LogP contribution in [0.4, 0.5) is 0 Å². The van der Waals surface area contributed by atoms with Gasteiger partial charge in [0.15, 0.2) is 0 Å². The maximum Gasteiger partial charge on any atom is 0.0356 e. The largest absolute Gasteiger partial charge is 0.329 e. The standard InChI is InChI=1S/C15H30N2/c1-14(10-11-14)15(2,12-16)17(3)13-8-6-4-5-7-9-13/h13H,4-12,16H2,1-3H3. The molecule has 0 bridgehead atoms. The number of likely N-dealkylation sites (N-methyl/N-ethyl adjacent to an activating group) is 1. The molecule has 2 nitrogen and oxygen atoms in total. The molecule has 2 fully saturated rings. The van der Waals surface area contributed by atoms with Gasteiger partial charge in [-0.15, -0.1) is 0 Å². The number of nitrogens with two attached hydrogens (primary N) is 1. The van der Waals surface area contributed by atoms with Gasteiger partial charge in [0.2, 0.25) is 0 Å². The summed E-state index contributed by atoms with van der Waals surface area (Å²) in [4.78, 5) is 2.64. The molecule has 100 valence electrons. The molecule has 2 saturated carbocycles. The fraction of sp³-hybridized carbons (Fsp3) is 1.00. The minimum absolute atomic E-state index is 0.210. The van der Waals surface area contributed by atoms with Gasteiger partial charge in [-0.05, 0) is 45.1 Å². The van der Waals surface area contributed by atoms with E-state index in [0.717, 1.165) is 12.6 Å². The molecule has 0 spiro atoms. The van der Waals surface area contributed by atoms with Gasteiger partial charge in [0, 0.05) is 18.1 Å². The number of hydrogen-bond acceptors (Lipinski definition) is 2. The lowest BCUT2D eigenvalue weighted by Gasteiger charge is -2.47. The molecule has 2 N–H and O–H groups in total. The van der Waals surface area contributed by atoms with E-state index in [1.54, 1.807) is 0 Å². The molecule has 0 aromatic rings. The molecular weight excluding hydrogens is 208 g/mol. The zero-order valence-corrected chi connectivity index (χ0v) is 12.0. The van der Waals surface area contributed by atoms with Crippen molar-refractivity contribution in [1.29, 1.82) is 0 Å². The molecule has 0 heterocycles. The van der Waals surface area contributed by atoms with Gasteiger partial charge in [-0.3, -0.25) is 4.90 Å². The van der Waals surface area contributed by atoms with Crippen molar-refractivity contribution < 1.29 is 0 Å². The first kappa shape index (κ1) is 13.4. The lowest BCUT2D eigenvalue weighted by Crippen LogP contribution is -2.58. The summed E-state index contributed by atoms with van der Waals surface area (Å²) in [5.74, 6) is 0. The molecular formula is C15H30N2. The lowest BCUT2D eigenvalue weighted by molar-refractivity contribution is 0.0283. The fourth-order valence-corrected chi connectivity index (χ4v) is 3.59. The van der Waals surface area contributed by atoms with Crippen LogP contribution in [0.15, 0.2) is 0 Å². The predicted octanol–water partition coefficient (Wildman–Crippen LogP) is 3.16. The van der Waals surface area contributed by atoms with Gasteiger partial charge in [0.1, 0.15) is 0 Å². The minimum atomic E-state index is 0.210. The first-order valence-corrected chi connectivity index (χ1v) is 7.46. The second-order valence-corrected chi connectivity index (χ2v) is 6.79. The lowest BCUT2D eigenvalue weighted by atomic mass is 9.81. The third-order valence-electron chi connectivity index (χ3n) is 5.85. The smallest absolute Gasteiger partial charge is 0.0356 e. The van der Waals surface area contributed by atoms with Crippen LogP contribution in [0.25, 0.3) is 0 Å². The Morgan fingerprint density at radius 2 is 1.71 bits per heavy atom. The second-order valence-electron chi connectivity index (χ2n) is 6.79. The van der Waals surface area contributed by atoms with E-state index >= 15 is 0 Å². The van der Waals surface area contributed by atoms with Crippen molar-refractivity contribution in [2.45, 2.75) is 76.8 Å². The van der Waals surface area contributed by atoms with E-state index in [1.807, 2.05) is 0 Å². The summed E-state index contributed by atoms with van der Waals surface area (Å²) in [7, 11) is 2.33. The monoisotopic (exact) mass is 238 g/mol. The Morgan fingerprint density at radius 3 is 2.12 bits per heavy atom. The Labute approximate surface area is 107 Å². The Balaban J connectivity index is 2.07. The molecule has 0 aliphatic heterocycles. The summed E-state index contributed by atoms with van der Waals surface area (Å²) >= 11 is 0. The molecule has 1 unspecified atom stereocenters. The molecule has 0 saturated heterocycles. The van der Waals surface area contributed by atoms with E-state index in [0.29, 0.717) is 5.41 Å². The van der Waals surface area contributed by atoms with Crippen LogP contribution in [0, 0.1) is 5.41 Å². The van der Waals surface area contributed by atoms with Crippen LogP contribution in [-0.4, -0.2) is 30.1 Å². The summed E-state index contributed by atoms with van der Waals surface area (Å²) in [6.45, 7) is 5.62. The van der Waals surface area contributed by atoms with Gasteiger partial charge >= 0.3 is 0 Å². The summed E-state index contributed by atoms with van der Waals surface area (Å²) in [5, 5.41) is 0. The van der Waals surface area contributed by atoms with Crippen molar-refractivity contribution in [1.82, 2.24) is 4.90 Å². The summed E-state index contributed by atoms with van der Waals surface area (Å²) in [6.07, 6.45) is 11.2. The van der Waals surface area contributed by atoms with Gasteiger partial charge in [0.25, 0.3) is 0 Å². The first-order chi connectivity index (χ1) is 8.03. The van der Waals surface area contributed by atoms with E-state index in [-0.39, 0.29) is 5.54 Å². The summed E-state index contributed by atoms with van der Waals surface area (Å²) in [6, 6.07) is 0.767. The van der Waals surface area contributed by atoms with Gasteiger partial charge in [-0.2, -0.15) is 0 Å². The van der Waals surface area contributed by atoms with Gasteiger partial charge < -0.3 is 5.73 Å². The van der Waals surface area contributed by atoms with Crippen molar-refractivity contribution >= 4 is 0 Å². The minimum Gasteiger partial charge on any atom is -0.329 e. The van der Waals surface area contributed by atoms with Crippen molar-refractivity contribution in [3.63, 3.8) is 0 Å². The zero-order valence-electron chi connectivity index (χ0n) is 12.0. The van der Waals surface area contributed by atoms with Crippen LogP contribution in [-0.2, 0) is 0 Å². The Bertz CT molecular complexity index is 252. The molecule has 2 rings (SSSR count). The third kappa shape index (κ3) is 2.39. The molecule has 0 aromatic heterocycles. The van der Waals surface area contributed by atoms with E-state index in [1.165, 1.54) is 51.4 Å². The highest BCUT2D eigenvalue weighted by atomic mass is 15.2. The molecule has 2 aliphatic carbocycles. The molecule has 1 atom stereocenters. The number of nitrogens with zero attached hydrogens (tertiary/aromatic N) is 1. The van der Waals surface area contributed by atoms with E-state index < -0.39 is 0 Å². The predicted molar refractivity (Wildman–Crippen MR) is 74.1 cm³/mol. The highest BCUT2D eigenvalue weighted by Crippen LogP contribution is 2.56. The van der Waals surface area contributed by atoms with Crippen LogP contribution in [0.2, 0.25) is 0 Å². The maximum atomic E-state index is 6.14. The van der Waals surface area contributed by atoms with Crippen molar-refractivity contribution in [2.75, 3.05) is 13.6 Å². The Kier molecular flexibility index (Phi) is 3.84. The Hall–Kier alpha value is -0.0800. The van der Waals surface area contributed by atoms with E-state index in [2.05, 4.69) is 25.8 Å². The topological polar surface area (TPSA) is 29.3 Å². The van der Waals surface area contributed by atoms with E-state index in [9.17, 15) is 0 Å². The molecule has 0 amide bonds. The van der Waals surface area contributed by atoms with Crippen LogP contribution >= 0.6 is 0 Å². The molecule has 2 heteroatoms. The van der Waals surface area contributed by atoms with Crippen LogP contribution in [0.5, 0.6) is 0 Å². The third-order valence-corrected chi connectivity index (χ3v) is 5.85. The quantitative estimate of drug-likeness (QED) is 0.762. The van der Waals surface area contributed by atoms with E-state index in [4.69, 9.17) is 5.73 Å². The van der Waals surface area contributed by atoms with Gasteiger partial charge in [-0.1, -0.05) is 32.6 Å². The first-order valence-electron chi connectivity index (χ1n) is 7.46. The summed E-state index contributed by atoms with van der Waals surface area (Å²) < 4.78 is 0. The normalized spacial score (nSPS) is 28.8. The number of rotatable bonds is 4. The van der Waals surface area contributed by atoms with Crippen LogP contribution < -0.4 is 5.73 Å². The van der Waals surface area contributed by atoms with Gasteiger partial charge in [-0.25, -0.2) is 0 Å². The SMILES string of the molecule is CN(C1CCCCCC1)C(C)(CN)C1(C)CC1. The summed E-state index contributed by atoms with van der Waals surface area (Å²) in [5.41, 5.74) is 6.82. The zero-order chi connectivity index (χ0) is 12.5. The maximum absolute atomic E-state index is 6.14. The highest BCUT2D eigenvalue weighted by molar-refractivity contribution is 5.10. The highest BCUT2D eigenvalue weighted by Gasteiger charge is 2.55. The van der Waals surface area contributed by atoms with Crippen LogP contribution in [0.3, 0.4) is 0 Å². The average Bonchev–Trinajstić information content (AvgIpc) is 3.11. The number of hydrogen-bond donors (Lipinski definition) is 1. The fourth-order valence-electron chi connectivity index (χ4n) is 3.59. The van der Waals surface area contributed by atoms with Crippen molar-refractivity contribution in [3.8, 4) is 0 Å². The average molecular weight is 238 g/mol. The second kappa shape index (κ2) is 4.89.